The summed E-state index contributed by atoms with van der Waals surface area (Å²) in [5, 5.41) is 13.6. The van der Waals surface area contributed by atoms with Gasteiger partial charge in [0.15, 0.2) is 5.12 Å². The minimum atomic E-state index is -0.679. The van der Waals surface area contributed by atoms with Gasteiger partial charge in [-0.25, -0.2) is 9.79 Å². The van der Waals surface area contributed by atoms with Crippen LogP contribution in [0.25, 0.3) is 0 Å². The SMILES string of the molecule is CC(C)(C)OC(=O)N[C@H]1CC(=O)SC1=Nc1cc([N+](=O)[O-])ccc1N. The molecule has 1 atom stereocenters. The summed E-state index contributed by atoms with van der Waals surface area (Å²) in [6, 6.07) is 3.19. The lowest BCUT2D eigenvalue weighted by Gasteiger charge is -2.21. The molecular formula is C15H18N4O5S. The minimum Gasteiger partial charge on any atom is -0.444 e. The van der Waals surface area contributed by atoms with E-state index in [1.165, 1.54) is 18.2 Å². The average molecular weight is 366 g/mol. The van der Waals surface area contributed by atoms with Crippen LogP contribution in [-0.2, 0) is 9.53 Å². The van der Waals surface area contributed by atoms with Gasteiger partial charge in [0.05, 0.1) is 22.3 Å². The molecule has 134 valence electrons. The van der Waals surface area contributed by atoms with Gasteiger partial charge in [0, 0.05) is 18.6 Å². The molecule has 0 radical (unpaired) electrons. The molecule has 0 saturated carbocycles. The van der Waals surface area contributed by atoms with E-state index >= 15 is 0 Å². The van der Waals surface area contributed by atoms with Gasteiger partial charge in [-0.1, -0.05) is 0 Å². The first-order valence-corrected chi connectivity index (χ1v) is 8.19. The number of nitrogen functional groups attached to an aromatic ring is 1. The van der Waals surface area contributed by atoms with Gasteiger partial charge in [-0.15, -0.1) is 0 Å². The van der Waals surface area contributed by atoms with E-state index in [-0.39, 0.29) is 28.6 Å². The smallest absolute Gasteiger partial charge is 0.408 e. The fourth-order valence-electron chi connectivity index (χ4n) is 2.01. The maximum atomic E-state index is 11.9. The summed E-state index contributed by atoms with van der Waals surface area (Å²) >= 11 is 0.867. The molecule has 1 aliphatic heterocycles. The Morgan fingerprint density at radius 3 is 2.76 bits per heavy atom. The van der Waals surface area contributed by atoms with E-state index in [2.05, 4.69) is 10.3 Å². The molecule has 1 aliphatic rings. The topological polar surface area (TPSA) is 137 Å². The number of rotatable bonds is 3. The second-order valence-corrected chi connectivity index (χ2v) is 7.41. The van der Waals surface area contributed by atoms with Crippen LogP contribution in [0.15, 0.2) is 23.2 Å². The summed E-state index contributed by atoms with van der Waals surface area (Å²) in [6.45, 7) is 5.17. The highest BCUT2D eigenvalue weighted by Crippen LogP contribution is 2.32. The first-order valence-electron chi connectivity index (χ1n) is 7.38. The highest BCUT2D eigenvalue weighted by atomic mass is 32.2. The van der Waals surface area contributed by atoms with Gasteiger partial charge in [-0.2, -0.15) is 0 Å². The maximum absolute atomic E-state index is 11.9. The third kappa shape index (κ3) is 5.18. The van der Waals surface area contributed by atoms with Gasteiger partial charge >= 0.3 is 6.09 Å². The zero-order valence-electron chi connectivity index (χ0n) is 13.9. The zero-order valence-corrected chi connectivity index (χ0v) is 14.8. The van der Waals surface area contributed by atoms with Crippen LogP contribution in [0.2, 0.25) is 0 Å². The summed E-state index contributed by atoms with van der Waals surface area (Å²) in [5.41, 5.74) is 5.35. The van der Waals surface area contributed by atoms with E-state index in [9.17, 15) is 19.7 Å². The maximum Gasteiger partial charge on any atom is 0.408 e. The molecule has 0 bridgehead atoms. The van der Waals surface area contributed by atoms with Crippen molar-refractivity contribution < 1.29 is 19.2 Å². The Balaban J connectivity index is 2.25. The Labute approximate surface area is 148 Å². The monoisotopic (exact) mass is 366 g/mol. The van der Waals surface area contributed by atoms with Crippen molar-refractivity contribution in [2.24, 2.45) is 4.99 Å². The van der Waals surface area contributed by atoms with Gasteiger partial charge in [-0.3, -0.25) is 14.9 Å². The van der Waals surface area contributed by atoms with Crippen molar-refractivity contribution in [1.29, 1.82) is 0 Å². The van der Waals surface area contributed by atoms with Crippen molar-refractivity contribution in [3.05, 3.63) is 28.3 Å². The van der Waals surface area contributed by atoms with E-state index in [1.807, 2.05) is 0 Å². The number of nitrogens with two attached hydrogens (primary N) is 1. The molecule has 0 aromatic heterocycles. The van der Waals surface area contributed by atoms with Crippen LogP contribution >= 0.6 is 11.8 Å². The molecule has 1 saturated heterocycles. The van der Waals surface area contributed by atoms with Crippen molar-refractivity contribution in [3.8, 4) is 0 Å². The second-order valence-electron chi connectivity index (χ2n) is 6.33. The largest absolute Gasteiger partial charge is 0.444 e. The number of nitro groups is 1. The van der Waals surface area contributed by atoms with Crippen LogP contribution in [0.3, 0.4) is 0 Å². The lowest BCUT2D eigenvalue weighted by molar-refractivity contribution is -0.384. The molecular weight excluding hydrogens is 348 g/mol. The van der Waals surface area contributed by atoms with Crippen molar-refractivity contribution in [2.45, 2.75) is 38.8 Å². The number of carbonyl (C=O) groups is 2. The molecule has 1 aromatic rings. The molecule has 1 amide bonds. The van der Waals surface area contributed by atoms with E-state index < -0.39 is 22.7 Å². The Hall–Kier alpha value is -2.62. The lowest BCUT2D eigenvalue weighted by Crippen LogP contribution is -2.40. The molecule has 25 heavy (non-hydrogen) atoms. The summed E-state index contributed by atoms with van der Waals surface area (Å²) in [7, 11) is 0. The molecule has 1 fully saturated rings. The molecule has 9 nitrogen and oxygen atoms in total. The fourth-order valence-corrected chi connectivity index (χ4v) is 2.92. The first-order chi connectivity index (χ1) is 11.5. The number of alkyl carbamates (subject to hydrolysis) is 1. The van der Waals surface area contributed by atoms with Crippen molar-refractivity contribution >= 4 is 45.1 Å². The number of aliphatic imine (C=N–C) groups is 1. The Morgan fingerprint density at radius 2 is 2.16 bits per heavy atom. The number of nitro benzene ring substituents is 1. The van der Waals surface area contributed by atoms with E-state index in [1.54, 1.807) is 20.8 Å². The summed E-state index contributed by atoms with van der Waals surface area (Å²) in [6.07, 6.45) is -0.620. The number of anilines is 1. The third-order valence-electron chi connectivity index (χ3n) is 3.03. The number of hydrogen-bond acceptors (Lipinski definition) is 8. The predicted octanol–water partition coefficient (Wildman–Crippen LogP) is 2.76. The molecule has 0 unspecified atom stereocenters. The zero-order chi connectivity index (χ0) is 18.8. The quantitative estimate of drug-likeness (QED) is 0.476. The Kier molecular flexibility index (Phi) is 5.31. The standard InChI is InChI=1S/C15H18N4O5S/c1-15(2,3)24-14(21)18-11-7-12(20)25-13(11)17-10-6-8(19(22)23)4-5-9(10)16/h4-6,11H,7,16H2,1-3H3,(H,18,21)/t11-/m0/s1. The van der Waals surface area contributed by atoms with Crippen LogP contribution in [0.4, 0.5) is 21.9 Å². The van der Waals surface area contributed by atoms with Gasteiger partial charge < -0.3 is 15.8 Å². The van der Waals surface area contributed by atoms with Gasteiger partial charge in [0.1, 0.15) is 10.6 Å². The highest BCUT2D eigenvalue weighted by Gasteiger charge is 2.33. The van der Waals surface area contributed by atoms with Crippen LogP contribution in [0.1, 0.15) is 27.2 Å². The van der Waals surface area contributed by atoms with Gasteiger partial charge in [-0.05, 0) is 38.6 Å². The number of carbonyl (C=O) groups excluding carboxylic acids is 2. The average Bonchev–Trinajstić information content (AvgIpc) is 2.78. The number of amides is 1. The summed E-state index contributed by atoms with van der Waals surface area (Å²) in [5.74, 6) is 0. The molecule has 2 rings (SSSR count). The van der Waals surface area contributed by atoms with Crippen molar-refractivity contribution in [2.75, 3.05) is 5.73 Å². The van der Waals surface area contributed by atoms with Gasteiger partial charge in [0.25, 0.3) is 5.69 Å². The van der Waals surface area contributed by atoms with Crippen molar-refractivity contribution in [3.63, 3.8) is 0 Å². The Morgan fingerprint density at radius 1 is 1.48 bits per heavy atom. The molecule has 0 spiro atoms. The molecule has 3 N–H and O–H groups in total. The van der Waals surface area contributed by atoms with E-state index in [4.69, 9.17) is 10.5 Å². The second kappa shape index (κ2) is 7.09. The number of benzene rings is 1. The van der Waals surface area contributed by atoms with Gasteiger partial charge in [0.2, 0.25) is 0 Å². The fraction of sp³-hybridized carbons (Fsp3) is 0.400. The molecule has 10 heteroatoms. The van der Waals surface area contributed by atoms with Crippen LogP contribution in [0, 0.1) is 10.1 Å². The first kappa shape index (κ1) is 18.7. The minimum absolute atomic E-state index is 0.0531. The number of ether oxygens (including phenoxy) is 1. The lowest BCUT2D eigenvalue weighted by atomic mass is 10.2. The number of nitrogens with one attached hydrogen (secondary N) is 1. The number of nitrogens with zero attached hydrogens (tertiary/aromatic N) is 2. The summed E-state index contributed by atoms with van der Waals surface area (Å²) in [4.78, 5) is 38.2. The van der Waals surface area contributed by atoms with Crippen LogP contribution in [-0.4, -0.2) is 32.8 Å². The normalized spacial score (nSPS) is 19.1. The highest BCUT2D eigenvalue weighted by molar-refractivity contribution is 8.27. The number of non-ortho nitro benzene ring substituents is 1. The van der Waals surface area contributed by atoms with E-state index in [0.29, 0.717) is 5.04 Å². The summed E-state index contributed by atoms with van der Waals surface area (Å²) < 4.78 is 5.17. The van der Waals surface area contributed by atoms with Crippen molar-refractivity contribution in [1.82, 2.24) is 5.32 Å². The molecule has 1 heterocycles. The third-order valence-corrected chi connectivity index (χ3v) is 4.01. The Bertz CT molecular complexity index is 757. The van der Waals surface area contributed by atoms with E-state index in [0.717, 1.165) is 11.8 Å². The molecule has 0 aliphatic carbocycles. The molecule has 1 aromatic carbocycles. The number of thioether (sulfide) groups is 1. The predicted molar refractivity (Wildman–Crippen MR) is 95.0 cm³/mol. The van der Waals surface area contributed by atoms with Crippen LogP contribution < -0.4 is 11.1 Å². The number of hydrogen-bond donors (Lipinski definition) is 2. The van der Waals surface area contributed by atoms with Crippen LogP contribution in [0.5, 0.6) is 0 Å².